The number of thiazole rings is 1. The molecular weight excluding hydrogens is 536 g/mol. The van der Waals surface area contributed by atoms with Crippen LogP contribution in [0.15, 0.2) is 40.8 Å². The zero-order chi connectivity index (χ0) is 29.6. The molecule has 0 spiro atoms. The predicted molar refractivity (Wildman–Crippen MR) is 141 cm³/mol. The van der Waals surface area contributed by atoms with Gasteiger partial charge in [0, 0.05) is 36.5 Å². The summed E-state index contributed by atoms with van der Waals surface area (Å²) in [5.74, 6) is -2.77. The van der Waals surface area contributed by atoms with E-state index in [1.165, 1.54) is 22.0 Å². The summed E-state index contributed by atoms with van der Waals surface area (Å²) in [6, 6.07) is 3.46. The molecule has 4 heterocycles. The molecule has 0 saturated heterocycles. The highest BCUT2D eigenvalue weighted by Crippen LogP contribution is 2.32. The molecule has 0 radical (unpaired) electrons. The van der Waals surface area contributed by atoms with Gasteiger partial charge in [0.25, 0.3) is 5.56 Å². The Labute approximate surface area is 229 Å². The summed E-state index contributed by atoms with van der Waals surface area (Å²) in [5.41, 5.74) is -0.0246. The van der Waals surface area contributed by atoms with Crippen LogP contribution in [0.25, 0.3) is 17.1 Å². The topological polar surface area (TPSA) is 99.0 Å². The molecule has 0 saturated carbocycles. The molecule has 4 aromatic rings. The van der Waals surface area contributed by atoms with Crippen molar-refractivity contribution in [2.45, 2.75) is 39.7 Å². The van der Waals surface area contributed by atoms with E-state index in [0.717, 1.165) is 0 Å². The average Bonchev–Trinajstić information content (AvgIpc) is 3.38. The SMILES string of the molecule is [2H]C([2H])(Oc1cc(C)n(-c2cc(-c3csc(C(C)(C)C(=O)NC)n3)ncc2C)c(=O)c1Cl)c1ncc(F)cc1F. The summed E-state index contributed by atoms with van der Waals surface area (Å²) in [6.07, 6.45) is 2.22. The second-order valence-electron chi connectivity index (χ2n) is 8.89. The van der Waals surface area contributed by atoms with Gasteiger partial charge in [0.1, 0.15) is 33.8 Å². The number of nitrogens with zero attached hydrogens (tertiary/aromatic N) is 4. The lowest BCUT2D eigenvalue weighted by Crippen LogP contribution is -2.37. The van der Waals surface area contributed by atoms with Crippen LogP contribution >= 0.6 is 22.9 Å². The second-order valence-corrected chi connectivity index (χ2v) is 10.1. The maximum Gasteiger partial charge on any atom is 0.277 e. The normalized spacial score (nSPS) is 12.6. The fourth-order valence-corrected chi connectivity index (χ4v) is 4.74. The van der Waals surface area contributed by atoms with Gasteiger partial charge in [0.15, 0.2) is 5.82 Å². The number of hydrogen-bond acceptors (Lipinski definition) is 7. The highest BCUT2D eigenvalue weighted by Gasteiger charge is 2.32. The van der Waals surface area contributed by atoms with Gasteiger partial charge in [-0.15, -0.1) is 11.3 Å². The lowest BCUT2D eigenvalue weighted by atomic mass is 9.93. The smallest absolute Gasteiger partial charge is 0.277 e. The number of halogens is 3. The molecule has 1 N–H and O–H groups in total. The molecule has 4 rings (SSSR count). The highest BCUT2D eigenvalue weighted by molar-refractivity contribution is 7.10. The number of ether oxygens (including phenoxy) is 1. The third kappa shape index (κ3) is 5.16. The Kier molecular flexibility index (Phi) is 6.86. The lowest BCUT2D eigenvalue weighted by Gasteiger charge is -2.19. The molecule has 38 heavy (non-hydrogen) atoms. The molecule has 8 nitrogen and oxygen atoms in total. The minimum atomic E-state index is -2.86. The number of aromatic nitrogens is 4. The number of hydrogen-bond donors (Lipinski definition) is 1. The van der Waals surface area contributed by atoms with Crippen molar-refractivity contribution in [2.75, 3.05) is 7.05 Å². The summed E-state index contributed by atoms with van der Waals surface area (Å²) in [5, 5.41) is 4.53. The fraction of sp³-hybridized carbons (Fsp3) is 0.269. The van der Waals surface area contributed by atoms with Gasteiger partial charge in [-0.3, -0.25) is 24.1 Å². The minimum absolute atomic E-state index is 0.188. The van der Waals surface area contributed by atoms with Crippen molar-refractivity contribution < 1.29 is 21.1 Å². The van der Waals surface area contributed by atoms with E-state index in [0.29, 0.717) is 45.6 Å². The largest absolute Gasteiger partial charge is 0.485 e. The number of rotatable bonds is 7. The van der Waals surface area contributed by atoms with E-state index in [4.69, 9.17) is 19.1 Å². The first-order chi connectivity index (χ1) is 18.7. The maximum atomic E-state index is 14.2. The highest BCUT2D eigenvalue weighted by atomic mass is 35.5. The Morgan fingerprint density at radius 3 is 2.63 bits per heavy atom. The molecule has 0 unspecified atom stereocenters. The molecule has 0 aliphatic heterocycles. The quantitative estimate of drug-likeness (QED) is 0.344. The van der Waals surface area contributed by atoms with Gasteiger partial charge in [-0.2, -0.15) is 0 Å². The van der Waals surface area contributed by atoms with Crippen LogP contribution in [0.1, 0.15) is 38.5 Å². The summed E-state index contributed by atoms with van der Waals surface area (Å²) >= 11 is 7.63. The second kappa shape index (κ2) is 10.6. The first kappa shape index (κ1) is 24.6. The van der Waals surface area contributed by atoms with Crippen LogP contribution in [0, 0.1) is 25.5 Å². The molecule has 12 heteroatoms. The molecule has 0 bridgehead atoms. The van der Waals surface area contributed by atoms with Gasteiger partial charge in [0.05, 0.1) is 31.4 Å². The van der Waals surface area contributed by atoms with Crippen molar-refractivity contribution in [3.8, 4) is 22.8 Å². The van der Waals surface area contributed by atoms with E-state index in [-0.39, 0.29) is 11.7 Å². The average molecular weight is 562 g/mol. The molecule has 1 amide bonds. The summed E-state index contributed by atoms with van der Waals surface area (Å²) in [6.45, 7) is 4.00. The molecule has 0 aromatic carbocycles. The third-order valence-corrected chi connectivity index (χ3v) is 7.29. The first-order valence-corrected chi connectivity index (χ1v) is 12.5. The molecular formula is C26H24ClF2N5O3S. The van der Waals surface area contributed by atoms with Gasteiger partial charge in [-0.25, -0.2) is 13.8 Å². The van der Waals surface area contributed by atoms with Gasteiger partial charge in [0.2, 0.25) is 5.91 Å². The molecule has 4 aromatic heterocycles. The zero-order valence-electron chi connectivity index (χ0n) is 23.0. The molecule has 0 atom stereocenters. The number of carbonyl (C=O) groups excluding carboxylic acids is 1. The van der Waals surface area contributed by atoms with Crippen LogP contribution in [0.3, 0.4) is 0 Å². The summed E-state index contributed by atoms with van der Waals surface area (Å²) in [7, 11) is 1.56. The van der Waals surface area contributed by atoms with E-state index < -0.39 is 39.9 Å². The Morgan fingerprint density at radius 1 is 1.21 bits per heavy atom. The van der Waals surface area contributed by atoms with Gasteiger partial charge in [-0.05, 0) is 39.3 Å². The van der Waals surface area contributed by atoms with Crippen LogP contribution in [-0.2, 0) is 16.8 Å². The number of aryl methyl sites for hydroxylation is 2. The minimum Gasteiger partial charge on any atom is -0.485 e. The van der Waals surface area contributed by atoms with E-state index in [2.05, 4.69) is 20.3 Å². The van der Waals surface area contributed by atoms with Crippen molar-refractivity contribution in [3.05, 3.63) is 84.9 Å². The molecule has 0 fully saturated rings. The molecule has 0 aliphatic rings. The molecule has 198 valence electrons. The van der Waals surface area contributed by atoms with Crippen LogP contribution < -0.4 is 15.6 Å². The number of amides is 1. The van der Waals surface area contributed by atoms with Crippen molar-refractivity contribution >= 4 is 28.8 Å². The number of nitrogens with one attached hydrogen (secondary N) is 1. The van der Waals surface area contributed by atoms with Crippen molar-refractivity contribution in [2.24, 2.45) is 0 Å². The van der Waals surface area contributed by atoms with Gasteiger partial charge >= 0.3 is 0 Å². The Morgan fingerprint density at radius 2 is 1.95 bits per heavy atom. The number of likely N-dealkylation sites (N-methyl/N-ethyl adjacent to an activating group) is 1. The van der Waals surface area contributed by atoms with E-state index >= 15 is 0 Å². The van der Waals surface area contributed by atoms with Gasteiger partial charge < -0.3 is 10.1 Å². The van der Waals surface area contributed by atoms with Crippen LogP contribution in [0.5, 0.6) is 5.75 Å². The third-order valence-electron chi connectivity index (χ3n) is 5.78. The van der Waals surface area contributed by atoms with Crippen molar-refractivity contribution in [1.29, 1.82) is 0 Å². The van der Waals surface area contributed by atoms with Crippen LogP contribution in [-0.4, -0.2) is 32.5 Å². The predicted octanol–water partition coefficient (Wildman–Crippen LogP) is 4.90. The van der Waals surface area contributed by atoms with Crippen LogP contribution in [0.4, 0.5) is 8.78 Å². The first-order valence-electron chi connectivity index (χ1n) is 12.3. The van der Waals surface area contributed by atoms with Crippen molar-refractivity contribution in [3.63, 3.8) is 0 Å². The fourth-order valence-electron chi connectivity index (χ4n) is 3.63. The van der Waals surface area contributed by atoms with Crippen LogP contribution in [0.2, 0.25) is 5.02 Å². The zero-order valence-corrected chi connectivity index (χ0v) is 22.6. The van der Waals surface area contributed by atoms with E-state index in [9.17, 15) is 18.4 Å². The molecule has 0 aliphatic carbocycles. The lowest BCUT2D eigenvalue weighted by molar-refractivity contribution is -0.125. The summed E-state index contributed by atoms with van der Waals surface area (Å²) < 4.78 is 50.3. The number of pyridine rings is 3. The Bertz CT molecular complexity index is 1690. The number of carbonyl (C=O) groups is 1. The summed E-state index contributed by atoms with van der Waals surface area (Å²) in [4.78, 5) is 38.2. The monoisotopic (exact) mass is 561 g/mol. The van der Waals surface area contributed by atoms with Gasteiger partial charge in [-0.1, -0.05) is 11.6 Å². The van der Waals surface area contributed by atoms with E-state index in [1.54, 1.807) is 52.4 Å². The Hall–Kier alpha value is -3.70. The Balaban J connectivity index is 1.74. The van der Waals surface area contributed by atoms with E-state index in [1.807, 2.05) is 0 Å². The maximum absolute atomic E-state index is 14.2. The standard InChI is InChI=1S/C26H24ClF2N5O3S/c1-13-9-31-17(19-12-38-25(33-19)26(3,4)24(36)30-5)8-20(13)34-14(2)6-21(22(27)23(34)35)37-11-18-16(29)7-15(28)10-32-18/h6-10,12H,11H2,1-5H3,(H,30,36)/i11D2. The van der Waals surface area contributed by atoms with Crippen molar-refractivity contribution in [1.82, 2.24) is 24.8 Å².